The zero-order valence-electron chi connectivity index (χ0n) is 16.6. The molecule has 3 rings (SSSR count). The second-order valence-corrected chi connectivity index (χ2v) is 8.49. The van der Waals surface area contributed by atoms with Gasteiger partial charge in [-0.15, -0.1) is 10.2 Å². The van der Waals surface area contributed by atoms with Crippen LogP contribution in [0.1, 0.15) is 36.1 Å². The fraction of sp³-hybridized carbons (Fsp3) is 0.600. The Morgan fingerprint density at radius 2 is 1.73 bits per heavy atom. The molecular weight excluding hydrogens is 344 g/mol. The van der Waals surface area contributed by atoms with Crippen LogP contribution in [-0.4, -0.2) is 41.1 Å². The molecule has 1 fully saturated rings. The van der Waals surface area contributed by atoms with Crippen molar-refractivity contribution in [3.05, 3.63) is 34.4 Å². The van der Waals surface area contributed by atoms with Crippen molar-refractivity contribution in [2.45, 2.75) is 52.1 Å². The molecule has 0 bridgehead atoms. The number of ether oxygens (including phenoxy) is 1. The van der Waals surface area contributed by atoms with Gasteiger partial charge in [-0.1, -0.05) is 43.3 Å². The Morgan fingerprint density at radius 1 is 1.08 bits per heavy atom. The third-order valence-corrected chi connectivity index (χ3v) is 5.72. The summed E-state index contributed by atoms with van der Waals surface area (Å²) in [4.78, 5) is 2.30. The Bertz CT molecular complexity index is 727. The van der Waals surface area contributed by atoms with E-state index in [0.717, 1.165) is 49.7 Å². The molecule has 0 unspecified atom stereocenters. The zero-order valence-corrected chi connectivity index (χ0v) is 17.4. The summed E-state index contributed by atoms with van der Waals surface area (Å²) in [5, 5.41) is 10.1. The van der Waals surface area contributed by atoms with Gasteiger partial charge in [0, 0.05) is 25.4 Å². The summed E-state index contributed by atoms with van der Waals surface area (Å²) < 4.78 is 7.78. The number of morpholine rings is 1. The molecule has 26 heavy (non-hydrogen) atoms. The van der Waals surface area contributed by atoms with Crippen molar-refractivity contribution >= 4 is 17.7 Å². The van der Waals surface area contributed by atoms with Gasteiger partial charge in [0.25, 0.3) is 0 Å². The van der Waals surface area contributed by atoms with Gasteiger partial charge >= 0.3 is 0 Å². The molecule has 0 N–H and O–H groups in total. The Morgan fingerprint density at radius 3 is 2.35 bits per heavy atom. The standard InChI is InChI=1S/C20H30N4OS/c1-14(2)12-24-19(23-6-8-25-9-7-23)21-22-20(24)26-13-18-16(4)10-15(3)11-17(18)5/h10-11,14H,6-9,12-13H2,1-5H3. The molecule has 2 aromatic rings. The van der Waals surface area contributed by atoms with E-state index in [1.54, 1.807) is 11.8 Å². The summed E-state index contributed by atoms with van der Waals surface area (Å²) in [5.41, 5.74) is 5.45. The van der Waals surface area contributed by atoms with E-state index in [1.165, 1.54) is 22.3 Å². The molecule has 0 saturated carbocycles. The van der Waals surface area contributed by atoms with Crippen molar-refractivity contribution in [2.24, 2.45) is 5.92 Å². The van der Waals surface area contributed by atoms with E-state index in [0.29, 0.717) is 5.92 Å². The van der Waals surface area contributed by atoms with Crippen LogP contribution in [0.5, 0.6) is 0 Å². The summed E-state index contributed by atoms with van der Waals surface area (Å²) >= 11 is 1.79. The van der Waals surface area contributed by atoms with Crippen LogP contribution in [0.25, 0.3) is 0 Å². The molecule has 0 amide bonds. The molecule has 1 aromatic heterocycles. The van der Waals surface area contributed by atoms with Crippen LogP contribution < -0.4 is 4.90 Å². The second-order valence-electron chi connectivity index (χ2n) is 7.55. The van der Waals surface area contributed by atoms with Crippen LogP contribution in [0.2, 0.25) is 0 Å². The number of hydrogen-bond acceptors (Lipinski definition) is 5. The first-order valence-corrected chi connectivity index (χ1v) is 10.4. The molecule has 6 heteroatoms. The van der Waals surface area contributed by atoms with Crippen molar-refractivity contribution in [2.75, 3.05) is 31.2 Å². The van der Waals surface area contributed by atoms with Gasteiger partial charge in [-0.05, 0) is 43.4 Å². The van der Waals surface area contributed by atoms with Gasteiger partial charge in [-0.2, -0.15) is 0 Å². The van der Waals surface area contributed by atoms with E-state index in [1.807, 2.05) is 0 Å². The third kappa shape index (κ3) is 4.41. The maximum atomic E-state index is 5.49. The SMILES string of the molecule is Cc1cc(C)c(CSc2nnc(N3CCOCC3)n2CC(C)C)c(C)c1. The smallest absolute Gasteiger partial charge is 0.228 e. The number of anilines is 1. The van der Waals surface area contributed by atoms with Crippen LogP contribution in [0.3, 0.4) is 0 Å². The molecule has 0 radical (unpaired) electrons. The predicted octanol–water partition coefficient (Wildman–Crippen LogP) is 3.99. The summed E-state index contributed by atoms with van der Waals surface area (Å²) in [5.74, 6) is 2.46. The minimum atomic E-state index is 0.549. The van der Waals surface area contributed by atoms with Crippen molar-refractivity contribution in [3.63, 3.8) is 0 Å². The number of aromatic nitrogens is 3. The number of nitrogens with zero attached hydrogens (tertiary/aromatic N) is 4. The van der Waals surface area contributed by atoms with Gasteiger partial charge in [-0.25, -0.2) is 0 Å². The predicted molar refractivity (Wildman–Crippen MR) is 108 cm³/mol. The Balaban J connectivity index is 1.82. The van der Waals surface area contributed by atoms with Crippen LogP contribution in [0.4, 0.5) is 5.95 Å². The molecular formula is C20H30N4OS. The molecule has 1 aromatic carbocycles. The largest absolute Gasteiger partial charge is 0.378 e. The van der Waals surface area contributed by atoms with E-state index in [9.17, 15) is 0 Å². The van der Waals surface area contributed by atoms with Crippen molar-refractivity contribution in [1.82, 2.24) is 14.8 Å². The maximum absolute atomic E-state index is 5.49. The van der Waals surface area contributed by atoms with E-state index in [4.69, 9.17) is 4.74 Å². The van der Waals surface area contributed by atoms with Crippen LogP contribution in [-0.2, 0) is 17.0 Å². The minimum absolute atomic E-state index is 0.549. The molecule has 1 aliphatic rings. The highest BCUT2D eigenvalue weighted by Gasteiger charge is 2.21. The fourth-order valence-corrected chi connectivity index (χ4v) is 4.62. The lowest BCUT2D eigenvalue weighted by Crippen LogP contribution is -2.38. The molecule has 0 spiro atoms. The minimum Gasteiger partial charge on any atom is -0.378 e. The summed E-state index contributed by atoms with van der Waals surface area (Å²) in [6, 6.07) is 4.53. The maximum Gasteiger partial charge on any atom is 0.228 e. The average molecular weight is 375 g/mol. The Labute approximate surface area is 161 Å². The lowest BCUT2D eigenvalue weighted by Gasteiger charge is -2.28. The molecule has 142 valence electrons. The van der Waals surface area contributed by atoms with E-state index in [-0.39, 0.29) is 0 Å². The lowest BCUT2D eigenvalue weighted by atomic mass is 10.0. The van der Waals surface area contributed by atoms with Gasteiger partial charge < -0.3 is 9.64 Å². The Hall–Kier alpha value is -1.53. The third-order valence-electron chi connectivity index (χ3n) is 4.72. The molecule has 2 heterocycles. The van der Waals surface area contributed by atoms with Crippen molar-refractivity contribution in [3.8, 4) is 0 Å². The van der Waals surface area contributed by atoms with Gasteiger partial charge in [0.2, 0.25) is 5.95 Å². The molecule has 5 nitrogen and oxygen atoms in total. The summed E-state index contributed by atoms with van der Waals surface area (Å²) in [7, 11) is 0. The number of hydrogen-bond donors (Lipinski definition) is 0. The van der Waals surface area contributed by atoms with Gasteiger partial charge in [-0.3, -0.25) is 4.57 Å². The fourth-order valence-electron chi connectivity index (χ4n) is 3.48. The average Bonchev–Trinajstić information content (AvgIpc) is 2.96. The van der Waals surface area contributed by atoms with Crippen LogP contribution in [0, 0.1) is 26.7 Å². The first-order valence-electron chi connectivity index (χ1n) is 9.41. The normalized spacial score (nSPS) is 15.1. The number of thioether (sulfide) groups is 1. The molecule has 1 saturated heterocycles. The van der Waals surface area contributed by atoms with E-state index in [2.05, 4.69) is 66.4 Å². The lowest BCUT2D eigenvalue weighted by molar-refractivity contribution is 0.121. The summed E-state index contributed by atoms with van der Waals surface area (Å²) in [6.07, 6.45) is 0. The van der Waals surface area contributed by atoms with Crippen molar-refractivity contribution in [1.29, 1.82) is 0 Å². The quantitative estimate of drug-likeness (QED) is 0.715. The molecule has 0 atom stereocenters. The second kappa shape index (κ2) is 8.44. The zero-order chi connectivity index (χ0) is 18.7. The Kier molecular flexibility index (Phi) is 6.24. The first kappa shape index (κ1) is 19.2. The number of aryl methyl sites for hydroxylation is 3. The first-order chi connectivity index (χ1) is 12.5. The van der Waals surface area contributed by atoms with Crippen LogP contribution in [0.15, 0.2) is 17.3 Å². The van der Waals surface area contributed by atoms with E-state index < -0.39 is 0 Å². The van der Waals surface area contributed by atoms with Crippen LogP contribution >= 0.6 is 11.8 Å². The summed E-state index contributed by atoms with van der Waals surface area (Å²) in [6.45, 7) is 15.3. The molecule has 1 aliphatic heterocycles. The number of rotatable bonds is 6. The topological polar surface area (TPSA) is 43.2 Å². The molecule has 0 aliphatic carbocycles. The number of benzene rings is 1. The van der Waals surface area contributed by atoms with Gasteiger partial charge in [0.1, 0.15) is 0 Å². The van der Waals surface area contributed by atoms with E-state index >= 15 is 0 Å². The highest BCUT2D eigenvalue weighted by Crippen LogP contribution is 2.29. The van der Waals surface area contributed by atoms with Gasteiger partial charge in [0.05, 0.1) is 13.2 Å². The highest BCUT2D eigenvalue weighted by molar-refractivity contribution is 7.98. The monoisotopic (exact) mass is 374 g/mol. The van der Waals surface area contributed by atoms with Crippen molar-refractivity contribution < 1.29 is 4.74 Å². The highest BCUT2D eigenvalue weighted by atomic mass is 32.2. The van der Waals surface area contributed by atoms with Gasteiger partial charge in [0.15, 0.2) is 5.16 Å².